The first-order valence-corrected chi connectivity index (χ1v) is 5.14. The van der Waals surface area contributed by atoms with E-state index in [-0.39, 0.29) is 0 Å². The number of nitrogens with one attached hydrogen (secondary N) is 1. The number of nitrogens with two attached hydrogens (primary N) is 1. The standard InChI is InChI=1S/C9H14N2O2S/c1-9(2,3)13-8(12)11-7-5-14-4-6(7)10/h4-5H,10H2,1-3H3,(H,11,12). The fourth-order valence-corrected chi connectivity index (χ4v) is 1.49. The number of amides is 1. The number of carbonyl (C=O) groups is 1. The molecule has 14 heavy (non-hydrogen) atoms. The van der Waals surface area contributed by atoms with Crippen molar-refractivity contribution in [2.45, 2.75) is 26.4 Å². The van der Waals surface area contributed by atoms with Crippen molar-refractivity contribution in [1.29, 1.82) is 0 Å². The average molecular weight is 214 g/mol. The number of nitrogen functional groups attached to an aromatic ring is 1. The van der Waals surface area contributed by atoms with E-state index in [2.05, 4.69) is 5.32 Å². The zero-order valence-electron chi connectivity index (χ0n) is 8.46. The second-order valence-electron chi connectivity index (χ2n) is 3.87. The molecule has 0 unspecified atom stereocenters. The molecule has 0 bridgehead atoms. The van der Waals surface area contributed by atoms with Crippen molar-refractivity contribution in [2.24, 2.45) is 0 Å². The highest BCUT2D eigenvalue weighted by atomic mass is 32.1. The lowest BCUT2D eigenvalue weighted by atomic mass is 10.2. The van der Waals surface area contributed by atoms with Crippen molar-refractivity contribution in [2.75, 3.05) is 11.1 Å². The second kappa shape index (κ2) is 3.88. The molecule has 0 atom stereocenters. The highest BCUT2D eigenvalue weighted by Gasteiger charge is 2.16. The Kier molecular flexibility index (Phi) is 3.00. The molecule has 0 saturated carbocycles. The zero-order chi connectivity index (χ0) is 10.8. The Morgan fingerprint density at radius 1 is 1.50 bits per heavy atom. The van der Waals surface area contributed by atoms with Crippen molar-refractivity contribution in [3.8, 4) is 0 Å². The van der Waals surface area contributed by atoms with Crippen LogP contribution in [0, 0.1) is 0 Å². The van der Waals surface area contributed by atoms with Crippen LogP contribution in [0.4, 0.5) is 16.2 Å². The van der Waals surface area contributed by atoms with E-state index < -0.39 is 11.7 Å². The molecule has 0 aliphatic carbocycles. The summed E-state index contributed by atoms with van der Waals surface area (Å²) in [6.07, 6.45) is -0.484. The van der Waals surface area contributed by atoms with Gasteiger partial charge in [0.25, 0.3) is 0 Å². The smallest absolute Gasteiger partial charge is 0.412 e. The molecule has 1 aromatic rings. The van der Waals surface area contributed by atoms with Crippen LogP contribution in [0.3, 0.4) is 0 Å². The Balaban J connectivity index is 2.54. The van der Waals surface area contributed by atoms with Gasteiger partial charge in [-0.25, -0.2) is 4.79 Å². The van der Waals surface area contributed by atoms with Gasteiger partial charge >= 0.3 is 6.09 Å². The SMILES string of the molecule is CC(C)(C)OC(=O)Nc1cscc1N. The third-order valence-electron chi connectivity index (χ3n) is 1.33. The zero-order valence-corrected chi connectivity index (χ0v) is 9.27. The minimum absolute atomic E-state index is 0.484. The summed E-state index contributed by atoms with van der Waals surface area (Å²) in [5, 5.41) is 6.09. The van der Waals surface area contributed by atoms with Crippen molar-refractivity contribution in [3.05, 3.63) is 10.8 Å². The maximum atomic E-state index is 11.3. The van der Waals surface area contributed by atoms with Gasteiger partial charge in [0.15, 0.2) is 0 Å². The van der Waals surface area contributed by atoms with E-state index >= 15 is 0 Å². The van der Waals surface area contributed by atoms with Crippen LogP contribution in [-0.4, -0.2) is 11.7 Å². The van der Waals surface area contributed by atoms with Crippen LogP contribution < -0.4 is 11.1 Å². The first-order chi connectivity index (χ1) is 6.38. The Hall–Kier alpha value is -1.23. The number of rotatable bonds is 1. The minimum atomic E-state index is -0.491. The van der Waals surface area contributed by atoms with E-state index in [1.807, 2.05) is 20.8 Å². The number of carbonyl (C=O) groups excluding carboxylic acids is 1. The summed E-state index contributed by atoms with van der Waals surface area (Å²) in [7, 11) is 0. The minimum Gasteiger partial charge on any atom is -0.444 e. The Bertz CT molecular complexity index is 328. The van der Waals surface area contributed by atoms with Crippen LogP contribution in [-0.2, 0) is 4.74 Å². The summed E-state index contributed by atoms with van der Waals surface area (Å²) in [5.74, 6) is 0. The van der Waals surface area contributed by atoms with Gasteiger partial charge in [-0.2, -0.15) is 0 Å². The Morgan fingerprint density at radius 2 is 2.14 bits per heavy atom. The van der Waals surface area contributed by atoms with E-state index in [0.29, 0.717) is 11.4 Å². The van der Waals surface area contributed by atoms with E-state index in [1.54, 1.807) is 10.8 Å². The van der Waals surface area contributed by atoms with Gasteiger partial charge in [-0.1, -0.05) is 0 Å². The van der Waals surface area contributed by atoms with Crippen LogP contribution in [0.15, 0.2) is 10.8 Å². The summed E-state index contributed by atoms with van der Waals surface area (Å²) in [6.45, 7) is 5.43. The van der Waals surface area contributed by atoms with Crippen LogP contribution in [0.25, 0.3) is 0 Å². The molecule has 0 aliphatic heterocycles. The molecule has 0 spiro atoms. The van der Waals surface area contributed by atoms with Crippen LogP contribution in [0.5, 0.6) is 0 Å². The number of thiophene rings is 1. The van der Waals surface area contributed by atoms with E-state index in [4.69, 9.17) is 10.5 Å². The number of hydrogen-bond donors (Lipinski definition) is 2. The van der Waals surface area contributed by atoms with Gasteiger partial charge < -0.3 is 10.5 Å². The molecule has 1 rings (SSSR count). The molecule has 0 radical (unpaired) electrons. The van der Waals surface area contributed by atoms with Crippen molar-refractivity contribution >= 4 is 28.8 Å². The highest BCUT2D eigenvalue weighted by Crippen LogP contribution is 2.23. The van der Waals surface area contributed by atoms with Gasteiger partial charge in [0.2, 0.25) is 0 Å². The average Bonchev–Trinajstić information content (AvgIpc) is 2.32. The Morgan fingerprint density at radius 3 is 2.57 bits per heavy atom. The lowest BCUT2D eigenvalue weighted by Crippen LogP contribution is -2.27. The van der Waals surface area contributed by atoms with Gasteiger partial charge in [0.05, 0.1) is 11.4 Å². The largest absolute Gasteiger partial charge is 0.444 e. The molecule has 3 N–H and O–H groups in total. The fraction of sp³-hybridized carbons (Fsp3) is 0.444. The summed E-state index contributed by atoms with van der Waals surface area (Å²) in [5.41, 5.74) is 6.26. The number of ether oxygens (including phenoxy) is 1. The van der Waals surface area contributed by atoms with Crippen LogP contribution >= 0.6 is 11.3 Å². The van der Waals surface area contributed by atoms with Crippen molar-refractivity contribution in [1.82, 2.24) is 0 Å². The lowest BCUT2D eigenvalue weighted by Gasteiger charge is -2.19. The molecule has 0 fully saturated rings. The molecule has 0 aliphatic rings. The molecule has 5 heteroatoms. The van der Waals surface area contributed by atoms with E-state index in [0.717, 1.165) is 0 Å². The normalized spacial score (nSPS) is 11.1. The van der Waals surface area contributed by atoms with Gasteiger partial charge in [0.1, 0.15) is 5.60 Å². The molecule has 1 amide bonds. The van der Waals surface area contributed by atoms with Gasteiger partial charge in [-0.05, 0) is 20.8 Å². The molecule has 1 aromatic heterocycles. The highest BCUT2D eigenvalue weighted by molar-refractivity contribution is 7.08. The van der Waals surface area contributed by atoms with Gasteiger partial charge in [0, 0.05) is 10.8 Å². The molecular weight excluding hydrogens is 200 g/mol. The predicted molar refractivity (Wildman–Crippen MR) is 58.6 cm³/mol. The van der Waals surface area contributed by atoms with Gasteiger partial charge in [-0.3, -0.25) is 5.32 Å². The van der Waals surface area contributed by atoms with Crippen molar-refractivity contribution < 1.29 is 9.53 Å². The lowest BCUT2D eigenvalue weighted by molar-refractivity contribution is 0.0636. The summed E-state index contributed by atoms with van der Waals surface area (Å²) in [6, 6.07) is 0. The summed E-state index contributed by atoms with van der Waals surface area (Å²) >= 11 is 1.43. The first-order valence-electron chi connectivity index (χ1n) is 4.20. The van der Waals surface area contributed by atoms with Gasteiger partial charge in [-0.15, -0.1) is 11.3 Å². The molecule has 0 aromatic carbocycles. The molecule has 1 heterocycles. The molecule has 4 nitrogen and oxygen atoms in total. The summed E-state index contributed by atoms with van der Waals surface area (Å²) in [4.78, 5) is 11.3. The first kappa shape index (κ1) is 10.8. The third kappa shape index (κ3) is 3.26. The monoisotopic (exact) mass is 214 g/mol. The third-order valence-corrected chi connectivity index (χ3v) is 2.09. The second-order valence-corrected chi connectivity index (χ2v) is 4.61. The quantitative estimate of drug-likeness (QED) is 0.755. The molecular formula is C9H14N2O2S. The molecule has 0 saturated heterocycles. The number of anilines is 2. The van der Waals surface area contributed by atoms with Crippen molar-refractivity contribution in [3.63, 3.8) is 0 Å². The Labute approximate surface area is 87.1 Å². The summed E-state index contributed by atoms with van der Waals surface area (Å²) < 4.78 is 5.07. The maximum absolute atomic E-state index is 11.3. The van der Waals surface area contributed by atoms with Crippen LogP contribution in [0.2, 0.25) is 0 Å². The molecule has 78 valence electrons. The van der Waals surface area contributed by atoms with Crippen LogP contribution in [0.1, 0.15) is 20.8 Å². The van der Waals surface area contributed by atoms with E-state index in [9.17, 15) is 4.79 Å². The fourth-order valence-electron chi connectivity index (χ4n) is 0.822. The topological polar surface area (TPSA) is 64.3 Å². The van der Waals surface area contributed by atoms with E-state index in [1.165, 1.54) is 11.3 Å². The predicted octanol–water partition coefficient (Wildman–Crippen LogP) is 2.68. The number of hydrogen-bond acceptors (Lipinski definition) is 4. The maximum Gasteiger partial charge on any atom is 0.412 e.